The van der Waals surface area contributed by atoms with Crippen molar-refractivity contribution in [3.05, 3.63) is 29.3 Å². The van der Waals surface area contributed by atoms with E-state index in [1.54, 1.807) is 6.07 Å². The molecule has 0 aromatic heterocycles. The average Bonchev–Trinajstić information content (AvgIpc) is 2.90. The van der Waals surface area contributed by atoms with Crippen molar-refractivity contribution in [2.45, 2.75) is 25.8 Å². The maximum Gasteiger partial charge on any atom is 0.330 e. The number of aryl methyl sites for hydroxylation is 2. The maximum absolute atomic E-state index is 11.9. The van der Waals surface area contributed by atoms with Crippen molar-refractivity contribution in [2.24, 2.45) is 0 Å². The van der Waals surface area contributed by atoms with Crippen LogP contribution < -0.4 is 10.1 Å². The van der Waals surface area contributed by atoms with Gasteiger partial charge in [-0.3, -0.25) is 4.79 Å². The molecule has 0 bridgehead atoms. The third kappa shape index (κ3) is 3.69. The van der Waals surface area contributed by atoms with E-state index in [2.05, 4.69) is 5.32 Å². The monoisotopic (exact) mass is 309 g/mol. The molecule has 1 aromatic rings. The molecule has 1 atom stereocenters. The molecule has 6 heteroatoms. The highest BCUT2D eigenvalue weighted by Gasteiger charge is 2.43. The number of nitrogens with one attached hydrogen (secondary N) is 1. The van der Waals surface area contributed by atoms with Gasteiger partial charge < -0.3 is 15.2 Å². The van der Waals surface area contributed by atoms with Gasteiger partial charge in [-0.1, -0.05) is 6.07 Å². The summed E-state index contributed by atoms with van der Waals surface area (Å²) in [6, 6.07) is 5.59. The zero-order valence-electron chi connectivity index (χ0n) is 12.1. The summed E-state index contributed by atoms with van der Waals surface area (Å²) in [7, 11) is 0. The highest BCUT2D eigenvalue weighted by Crippen LogP contribution is 2.28. The van der Waals surface area contributed by atoms with Gasteiger partial charge in [0.1, 0.15) is 11.3 Å². The summed E-state index contributed by atoms with van der Waals surface area (Å²) >= 11 is 1.53. The summed E-state index contributed by atoms with van der Waals surface area (Å²) < 4.78 is 5.43. The third-order valence-electron chi connectivity index (χ3n) is 3.66. The first-order valence-electron chi connectivity index (χ1n) is 6.75. The molecule has 5 nitrogen and oxygen atoms in total. The van der Waals surface area contributed by atoms with Crippen molar-refractivity contribution in [2.75, 3.05) is 18.1 Å². The number of benzene rings is 1. The molecule has 2 N–H and O–H groups in total. The molecule has 1 heterocycles. The quantitative estimate of drug-likeness (QED) is 0.867. The van der Waals surface area contributed by atoms with Gasteiger partial charge in [0.15, 0.2) is 6.61 Å². The van der Waals surface area contributed by atoms with E-state index < -0.39 is 17.4 Å². The molecule has 1 aromatic carbocycles. The molecule has 21 heavy (non-hydrogen) atoms. The van der Waals surface area contributed by atoms with Crippen LogP contribution in [0, 0.1) is 13.8 Å². The zero-order chi connectivity index (χ0) is 15.5. The van der Waals surface area contributed by atoms with Gasteiger partial charge in [0.05, 0.1) is 0 Å². The fourth-order valence-corrected chi connectivity index (χ4v) is 3.47. The standard InChI is InChI=1S/C15H19NO4S/c1-10-3-4-12(7-11(10)2)20-8-13(17)16-15(14(18)19)5-6-21-9-15/h3-4,7H,5-6,8-9H2,1-2H3,(H,16,17)(H,18,19). The van der Waals surface area contributed by atoms with E-state index in [0.717, 1.165) is 16.9 Å². The summed E-state index contributed by atoms with van der Waals surface area (Å²) in [5, 5.41) is 11.9. The number of amides is 1. The van der Waals surface area contributed by atoms with E-state index in [-0.39, 0.29) is 6.61 Å². The Morgan fingerprint density at radius 3 is 2.71 bits per heavy atom. The Morgan fingerprint density at radius 1 is 1.38 bits per heavy atom. The Balaban J connectivity index is 1.92. The van der Waals surface area contributed by atoms with E-state index >= 15 is 0 Å². The summed E-state index contributed by atoms with van der Waals surface area (Å²) in [6.07, 6.45) is 0.447. The molecule has 114 valence electrons. The Labute approximate surface area is 128 Å². The van der Waals surface area contributed by atoms with Crippen LogP contribution in [0.3, 0.4) is 0 Å². The van der Waals surface area contributed by atoms with Crippen molar-refractivity contribution in [3.63, 3.8) is 0 Å². The molecule has 1 amide bonds. The second-order valence-electron chi connectivity index (χ2n) is 5.27. The molecule has 1 fully saturated rings. The van der Waals surface area contributed by atoms with Gasteiger partial charge in [-0.15, -0.1) is 0 Å². The topological polar surface area (TPSA) is 75.6 Å². The predicted octanol–water partition coefficient (Wildman–Crippen LogP) is 1.76. The number of rotatable bonds is 5. The molecular formula is C15H19NO4S. The lowest BCUT2D eigenvalue weighted by Gasteiger charge is -2.24. The molecule has 2 rings (SSSR count). The first kappa shape index (κ1) is 15.7. The van der Waals surface area contributed by atoms with Crippen molar-refractivity contribution >= 4 is 23.6 Å². The van der Waals surface area contributed by atoms with Crippen molar-refractivity contribution in [3.8, 4) is 5.75 Å². The number of ether oxygens (including phenoxy) is 1. The minimum Gasteiger partial charge on any atom is -0.484 e. The van der Waals surface area contributed by atoms with Crippen LogP contribution in [0.4, 0.5) is 0 Å². The highest BCUT2D eigenvalue weighted by molar-refractivity contribution is 7.99. The Bertz CT molecular complexity index is 553. The van der Waals surface area contributed by atoms with Crippen molar-refractivity contribution in [1.29, 1.82) is 0 Å². The van der Waals surface area contributed by atoms with Gasteiger partial charge in [-0.2, -0.15) is 11.8 Å². The van der Waals surface area contributed by atoms with E-state index in [4.69, 9.17) is 4.74 Å². The molecule has 1 aliphatic rings. The minimum absolute atomic E-state index is 0.178. The van der Waals surface area contributed by atoms with Gasteiger partial charge in [0.2, 0.25) is 0 Å². The smallest absolute Gasteiger partial charge is 0.330 e. The molecule has 1 unspecified atom stereocenters. The summed E-state index contributed by atoms with van der Waals surface area (Å²) in [5.74, 6) is 0.367. The summed E-state index contributed by atoms with van der Waals surface area (Å²) in [6.45, 7) is 3.79. The van der Waals surface area contributed by atoms with Crippen LogP contribution in [-0.4, -0.2) is 40.6 Å². The lowest BCUT2D eigenvalue weighted by molar-refractivity contribution is -0.146. The Hall–Kier alpha value is -1.69. The van der Waals surface area contributed by atoms with Crippen LogP contribution in [0.2, 0.25) is 0 Å². The van der Waals surface area contributed by atoms with E-state index in [0.29, 0.717) is 17.9 Å². The van der Waals surface area contributed by atoms with E-state index in [1.165, 1.54) is 11.8 Å². The molecule has 1 aliphatic heterocycles. The largest absolute Gasteiger partial charge is 0.484 e. The van der Waals surface area contributed by atoms with Crippen LogP contribution in [0.1, 0.15) is 17.5 Å². The molecule has 0 radical (unpaired) electrons. The Morgan fingerprint density at radius 2 is 2.14 bits per heavy atom. The summed E-state index contributed by atoms with van der Waals surface area (Å²) in [5.41, 5.74) is 1.09. The third-order valence-corrected chi connectivity index (χ3v) is 4.85. The second-order valence-corrected chi connectivity index (χ2v) is 6.38. The van der Waals surface area contributed by atoms with E-state index in [9.17, 15) is 14.7 Å². The highest BCUT2D eigenvalue weighted by atomic mass is 32.2. The number of aliphatic carboxylic acids is 1. The fraction of sp³-hybridized carbons (Fsp3) is 0.467. The maximum atomic E-state index is 11.9. The molecule has 0 aliphatic carbocycles. The van der Waals surface area contributed by atoms with Gasteiger partial charge in [-0.05, 0) is 49.3 Å². The Kier molecular flexibility index (Phi) is 4.77. The second kappa shape index (κ2) is 6.39. The number of carbonyl (C=O) groups is 2. The summed E-state index contributed by atoms with van der Waals surface area (Å²) in [4.78, 5) is 23.3. The van der Waals surface area contributed by atoms with Crippen LogP contribution in [0.25, 0.3) is 0 Å². The molecule has 1 saturated heterocycles. The number of carboxylic acids is 1. The minimum atomic E-state index is -1.14. The first-order valence-corrected chi connectivity index (χ1v) is 7.91. The van der Waals surface area contributed by atoms with E-state index in [1.807, 2.05) is 26.0 Å². The molecule has 0 saturated carbocycles. The van der Waals surface area contributed by atoms with Gasteiger partial charge >= 0.3 is 5.97 Å². The SMILES string of the molecule is Cc1ccc(OCC(=O)NC2(C(=O)O)CCSC2)cc1C. The lowest BCUT2D eigenvalue weighted by Crippen LogP contribution is -2.55. The lowest BCUT2D eigenvalue weighted by atomic mass is 9.99. The number of hydrogen-bond donors (Lipinski definition) is 2. The van der Waals surface area contributed by atoms with Crippen LogP contribution >= 0.6 is 11.8 Å². The van der Waals surface area contributed by atoms with Crippen molar-refractivity contribution < 1.29 is 19.4 Å². The zero-order valence-corrected chi connectivity index (χ0v) is 13.0. The van der Waals surface area contributed by atoms with Gasteiger partial charge in [0.25, 0.3) is 5.91 Å². The fourth-order valence-electron chi connectivity index (χ4n) is 2.14. The number of carboxylic acid groups (broad SMARTS) is 1. The normalized spacial score (nSPS) is 21.0. The number of thioether (sulfide) groups is 1. The van der Waals surface area contributed by atoms with Crippen LogP contribution in [0.15, 0.2) is 18.2 Å². The van der Waals surface area contributed by atoms with Crippen LogP contribution in [0.5, 0.6) is 5.75 Å². The molecular weight excluding hydrogens is 290 g/mol. The van der Waals surface area contributed by atoms with Crippen molar-refractivity contribution in [1.82, 2.24) is 5.32 Å². The first-order chi connectivity index (χ1) is 9.93. The number of hydrogen-bond acceptors (Lipinski definition) is 4. The van der Waals surface area contributed by atoms with Crippen LogP contribution in [-0.2, 0) is 9.59 Å². The average molecular weight is 309 g/mol. The number of carbonyl (C=O) groups excluding carboxylic acids is 1. The molecule has 0 spiro atoms. The van der Waals surface area contributed by atoms with Gasteiger partial charge in [0, 0.05) is 5.75 Å². The van der Waals surface area contributed by atoms with Gasteiger partial charge in [-0.25, -0.2) is 4.79 Å². The predicted molar refractivity (Wildman–Crippen MR) is 81.9 cm³/mol.